The second-order valence-electron chi connectivity index (χ2n) is 6.98. The number of carbonyl (C=O) groups is 2. The lowest BCUT2D eigenvalue weighted by atomic mass is 9.94. The number of ketones is 1. The van der Waals surface area contributed by atoms with Crippen molar-refractivity contribution in [2.75, 3.05) is 13.1 Å². The lowest BCUT2D eigenvalue weighted by Gasteiger charge is -2.07. The zero-order valence-corrected chi connectivity index (χ0v) is 17.8. The van der Waals surface area contributed by atoms with E-state index < -0.39 is 5.92 Å². The minimum Gasteiger partial charge on any atom is -0.380 e. The number of H-pyrrole nitrogens is 1. The Hall–Kier alpha value is -3.20. The molecule has 9 heteroatoms. The van der Waals surface area contributed by atoms with Crippen LogP contribution in [0.25, 0.3) is 11.3 Å². The molecule has 0 aliphatic carbocycles. The van der Waals surface area contributed by atoms with Crippen LogP contribution in [-0.2, 0) is 11.2 Å². The van der Waals surface area contributed by atoms with Gasteiger partial charge < -0.3 is 20.1 Å². The molecule has 1 amide bonds. The van der Waals surface area contributed by atoms with Crippen LogP contribution in [0, 0.1) is 12.8 Å². The zero-order valence-electron chi connectivity index (χ0n) is 16.2. The van der Waals surface area contributed by atoms with E-state index in [4.69, 9.17) is 4.52 Å². The molecular formula is C21H20BrN5O3. The number of imidazole rings is 1. The third kappa shape index (κ3) is 4.20. The van der Waals surface area contributed by atoms with Gasteiger partial charge in [0, 0.05) is 41.4 Å². The summed E-state index contributed by atoms with van der Waals surface area (Å²) in [7, 11) is 0. The number of aromatic nitrogens is 3. The van der Waals surface area contributed by atoms with Gasteiger partial charge in [-0.15, -0.1) is 0 Å². The second kappa shape index (κ2) is 8.66. The van der Waals surface area contributed by atoms with E-state index >= 15 is 0 Å². The summed E-state index contributed by atoms with van der Waals surface area (Å²) in [4.78, 5) is 32.5. The zero-order chi connectivity index (χ0) is 21.1. The number of nitrogens with one attached hydrogen (secondary N) is 3. The number of Topliss-reactive ketones (excluding diaryl/α,β-unsaturated/α-hetero) is 1. The maximum atomic E-state index is 13.2. The van der Waals surface area contributed by atoms with Crippen molar-refractivity contribution in [3.8, 4) is 11.3 Å². The molecule has 1 aliphatic heterocycles. The maximum Gasteiger partial charge on any atom is 0.267 e. The van der Waals surface area contributed by atoms with Crippen molar-refractivity contribution >= 4 is 27.6 Å². The Bertz CT molecular complexity index is 1090. The molecular weight excluding hydrogens is 450 g/mol. The fourth-order valence-corrected chi connectivity index (χ4v) is 3.61. The lowest BCUT2D eigenvalue weighted by Crippen LogP contribution is -2.31. The molecule has 0 saturated carbocycles. The topological polar surface area (TPSA) is 113 Å². The molecule has 1 unspecified atom stereocenters. The van der Waals surface area contributed by atoms with E-state index in [2.05, 4.69) is 41.7 Å². The fourth-order valence-electron chi connectivity index (χ4n) is 3.34. The molecule has 0 spiro atoms. The summed E-state index contributed by atoms with van der Waals surface area (Å²) < 4.78 is 6.25. The predicted molar refractivity (Wildman–Crippen MR) is 114 cm³/mol. The van der Waals surface area contributed by atoms with Crippen LogP contribution in [-0.4, -0.2) is 39.9 Å². The molecule has 1 atom stereocenters. The van der Waals surface area contributed by atoms with E-state index in [1.807, 2.05) is 24.3 Å². The standard InChI is InChI=1S/C21H20BrN5O3/c1-12-18(19(27-30-12)13-2-4-15(22)5-3-13)20(28)14-8-17(25-9-14)21(29)24-7-6-16-10-23-11-26-16/h2-5,8,10-11,14,25H,6-7,9H2,1H3,(H,23,26)(H,24,29). The summed E-state index contributed by atoms with van der Waals surface area (Å²) in [6.45, 7) is 2.54. The number of benzene rings is 1. The smallest absolute Gasteiger partial charge is 0.267 e. The summed E-state index contributed by atoms with van der Waals surface area (Å²) in [5.41, 5.74) is 3.10. The first-order chi connectivity index (χ1) is 14.5. The molecule has 3 aromatic rings. The molecule has 1 aromatic carbocycles. The van der Waals surface area contributed by atoms with Gasteiger partial charge in [0.25, 0.3) is 5.91 Å². The van der Waals surface area contributed by atoms with Crippen molar-refractivity contribution < 1.29 is 14.1 Å². The third-order valence-electron chi connectivity index (χ3n) is 4.92. The maximum absolute atomic E-state index is 13.2. The molecule has 4 rings (SSSR count). The first-order valence-corrected chi connectivity index (χ1v) is 10.3. The molecule has 0 bridgehead atoms. The van der Waals surface area contributed by atoms with Crippen LogP contribution >= 0.6 is 15.9 Å². The van der Waals surface area contributed by atoms with Crippen LogP contribution in [0.4, 0.5) is 0 Å². The molecule has 0 radical (unpaired) electrons. The minimum absolute atomic E-state index is 0.126. The number of carbonyl (C=O) groups excluding carboxylic acids is 2. The van der Waals surface area contributed by atoms with Crippen LogP contribution < -0.4 is 10.6 Å². The number of hydrogen-bond donors (Lipinski definition) is 3. The van der Waals surface area contributed by atoms with Gasteiger partial charge in [0.1, 0.15) is 11.5 Å². The van der Waals surface area contributed by atoms with Crippen molar-refractivity contribution in [2.45, 2.75) is 13.3 Å². The van der Waals surface area contributed by atoms with Crippen LogP contribution in [0.2, 0.25) is 0 Å². The molecule has 3 heterocycles. The number of rotatable bonds is 7. The van der Waals surface area contributed by atoms with Gasteiger partial charge in [-0.2, -0.15) is 0 Å². The van der Waals surface area contributed by atoms with Gasteiger partial charge in [-0.3, -0.25) is 9.59 Å². The van der Waals surface area contributed by atoms with Gasteiger partial charge in [-0.05, 0) is 25.1 Å². The van der Waals surface area contributed by atoms with Crippen LogP contribution in [0.5, 0.6) is 0 Å². The average molecular weight is 470 g/mol. The highest BCUT2D eigenvalue weighted by Gasteiger charge is 2.31. The molecule has 30 heavy (non-hydrogen) atoms. The first-order valence-electron chi connectivity index (χ1n) is 9.50. The first kappa shape index (κ1) is 20.1. The van der Waals surface area contributed by atoms with Crippen LogP contribution in [0.1, 0.15) is 21.8 Å². The number of amides is 1. The largest absolute Gasteiger partial charge is 0.380 e. The quantitative estimate of drug-likeness (QED) is 0.458. The molecule has 3 N–H and O–H groups in total. The van der Waals surface area contributed by atoms with Crippen molar-refractivity contribution in [3.05, 3.63) is 70.1 Å². The summed E-state index contributed by atoms with van der Waals surface area (Å²) in [5, 5.41) is 9.96. The lowest BCUT2D eigenvalue weighted by molar-refractivity contribution is -0.117. The molecule has 1 aliphatic rings. The normalized spacial score (nSPS) is 15.5. The Labute approximate surface area is 181 Å². The highest BCUT2D eigenvalue weighted by atomic mass is 79.9. The molecule has 0 fully saturated rings. The predicted octanol–water partition coefficient (Wildman–Crippen LogP) is 2.78. The summed E-state index contributed by atoms with van der Waals surface area (Å²) in [5.74, 6) is -0.367. The Morgan fingerprint density at radius 1 is 1.30 bits per heavy atom. The summed E-state index contributed by atoms with van der Waals surface area (Å²) in [6.07, 6.45) is 5.64. The molecule has 154 valence electrons. The van der Waals surface area contributed by atoms with Gasteiger partial charge in [-0.25, -0.2) is 4.98 Å². The van der Waals surface area contributed by atoms with Crippen molar-refractivity contribution in [1.29, 1.82) is 0 Å². The van der Waals surface area contributed by atoms with Gasteiger partial charge in [0.05, 0.1) is 23.5 Å². The number of halogens is 1. The van der Waals surface area contributed by atoms with E-state index in [0.717, 1.165) is 15.7 Å². The summed E-state index contributed by atoms with van der Waals surface area (Å²) >= 11 is 3.40. The van der Waals surface area contributed by atoms with Gasteiger partial charge in [0.2, 0.25) is 0 Å². The Morgan fingerprint density at radius 3 is 2.83 bits per heavy atom. The third-order valence-corrected chi connectivity index (χ3v) is 5.45. The Morgan fingerprint density at radius 2 is 2.10 bits per heavy atom. The van der Waals surface area contributed by atoms with Crippen LogP contribution in [0.3, 0.4) is 0 Å². The number of aryl methyl sites for hydroxylation is 1. The van der Waals surface area contributed by atoms with Gasteiger partial charge in [-0.1, -0.05) is 33.2 Å². The van der Waals surface area contributed by atoms with Crippen molar-refractivity contribution in [2.24, 2.45) is 5.92 Å². The number of aromatic amines is 1. The second-order valence-corrected chi connectivity index (χ2v) is 7.90. The van der Waals surface area contributed by atoms with E-state index in [0.29, 0.717) is 42.2 Å². The van der Waals surface area contributed by atoms with Crippen molar-refractivity contribution in [1.82, 2.24) is 25.8 Å². The van der Waals surface area contributed by atoms with E-state index in [-0.39, 0.29) is 11.7 Å². The van der Waals surface area contributed by atoms with E-state index in [1.165, 1.54) is 0 Å². The van der Waals surface area contributed by atoms with E-state index in [9.17, 15) is 9.59 Å². The Balaban J connectivity index is 1.45. The number of nitrogens with zero attached hydrogens (tertiary/aromatic N) is 2. The fraction of sp³-hybridized carbons (Fsp3) is 0.238. The average Bonchev–Trinajstić information content (AvgIpc) is 3.49. The highest BCUT2D eigenvalue weighted by molar-refractivity contribution is 9.10. The van der Waals surface area contributed by atoms with Crippen LogP contribution in [0.15, 0.2) is 57.6 Å². The van der Waals surface area contributed by atoms with E-state index in [1.54, 1.807) is 25.5 Å². The highest BCUT2D eigenvalue weighted by Crippen LogP contribution is 2.29. The van der Waals surface area contributed by atoms with Crippen molar-refractivity contribution in [3.63, 3.8) is 0 Å². The molecule has 0 saturated heterocycles. The number of hydrogen-bond acceptors (Lipinski definition) is 6. The van der Waals surface area contributed by atoms with Gasteiger partial charge in [0.15, 0.2) is 5.78 Å². The summed E-state index contributed by atoms with van der Waals surface area (Å²) in [6, 6.07) is 7.52. The SMILES string of the molecule is Cc1onc(-c2ccc(Br)cc2)c1C(=O)C1C=C(C(=O)NCCc2cnc[nH]2)NC1. The molecule has 2 aromatic heterocycles. The monoisotopic (exact) mass is 469 g/mol. The minimum atomic E-state index is -0.467. The van der Waals surface area contributed by atoms with Gasteiger partial charge >= 0.3 is 0 Å². The molecule has 8 nitrogen and oxygen atoms in total. The Kier molecular flexibility index (Phi) is 5.80.